The molecule has 0 bridgehead atoms. The first-order valence-electron chi connectivity index (χ1n) is 8.76. The summed E-state index contributed by atoms with van der Waals surface area (Å²) in [4.78, 5) is 24.4. The molecule has 0 spiro atoms. The van der Waals surface area contributed by atoms with Crippen molar-refractivity contribution in [2.75, 3.05) is 49.2 Å². The SMILES string of the molecule is C[C@@]1(N)CCN(c2nc(N3CCOCC3)nc3cc([N+](=O)[O-])ccc23)C1. The fraction of sp³-hybridized carbons (Fsp3) is 0.529. The summed E-state index contributed by atoms with van der Waals surface area (Å²) in [5, 5.41) is 12.0. The quantitative estimate of drug-likeness (QED) is 0.646. The van der Waals surface area contributed by atoms with Crippen LogP contribution in [0.1, 0.15) is 13.3 Å². The Labute approximate surface area is 150 Å². The molecule has 1 aromatic carbocycles. The molecule has 1 atom stereocenters. The molecule has 2 saturated heterocycles. The van der Waals surface area contributed by atoms with Gasteiger partial charge in [-0.2, -0.15) is 4.98 Å². The number of benzene rings is 1. The van der Waals surface area contributed by atoms with Crippen LogP contribution >= 0.6 is 0 Å². The van der Waals surface area contributed by atoms with Gasteiger partial charge in [-0.15, -0.1) is 0 Å². The van der Waals surface area contributed by atoms with E-state index in [1.165, 1.54) is 12.1 Å². The Morgan fingerprint density at radius 2 is 2.00 bits per heavy atom. The highest BCUT2D eigenvalue weighted by Crippen LogP contribution is 2.32. The van der Waals surface area contributed by atoms with E-state index in [1.54, 1.807) is 6.07 Å². The lowest BCUT2D eigenvalue weighted by molar-refractivity contribution is -0.384. The lowest BCUT2D eigenvalue weighted by Gasteiger charge is -2.28. The Morgan fingerprint density at radius 3 is 2.65 bits per heavy atom. The van der Waals surface area contributed by atoms with E-state index in [9.17, 15) is 10.1 Å². The smallest absolute Gasteiger partial charge is 0.271 e. The van der Waals surface area contributed by atoms with Crippen molar-refractivity contribution in [2.24, 2.45) is 5.73 Å². The highest BCUT2D eigenvalue weighted by atomic mass is 16.6. The first-order chi connectivity index (χ1) is 12.4. The normalized spacial score (nSPS) is 23.6. The molecule has 0 aliphatic carbocycles. The molecular weight excluding hydrogens is 336 g/mol. The Kier molecular flexibility index (Phi) is 4.12. The third-order valence-electron chi connectivity index (χ3n) is 4.96. The summed E-state index contributed by atoms with van der Waals surface area (Å²) in [6.45, 7) is 6.18. The molecule has 4 rings (SSSR count). The standard InChI is InChI=1S/C17H22N6O3/c1-17(18)4-5-22(11-17)15-13-3-2-12(23(24)25)10-14(13)19-16(20-15)21-6-8-26-9-7-21/h2-3,10H,4-9,11,18H2,1H3/t17-/m1/s1. The van der Waals surface area contributed by atoms with E-state index in [1.807, 2.05) is 6.92 Å². The molecular formula is C17H22N6O3. The molecule has 2 fully saturated rings. The van der Waals surface area contributed by atoms with E-state index in [0.29, 0.717) is 44.3 Å². The molecule has 26 heavy (non-hydrogen) atoms. The minimum atomic E-state index is -0.400. The topological polar surface area (TPSA) is 111 Å². The van der Waals surface area contributed by atoms with Crippen LogP contribution in [0.2, 0.25) is 0 Å². The fourth-order valence-corrected chi connectivity index (χ4v) is 3.51. The van der Waals surface area contributed by atoms with Crippen molar-refractivity contribution >= 4 is 28.4 Å². The van der Waals surface area contributed by atoms with Gasteiger partial charge in [0.1, 0.15) is 5.82 Å². The molecule has 9 nitrogen and oxygen atoms in total. The molecule has 0 unspecified atom stereocenters. The average molecular weight is 358 g/mol. The number of hydrogen-bond acceptors (Lipinski definition) is 8. The number of ether oxygens (including phenoxy) is 1. The van der Waals surface area contributed by atoms with Gasteiger partial charge in [0.05, 0.1) is 23.7 Å². The second kappa shape index (κ2) is 6.33. The highest BCUT2D eigenvalue weighted by molar-refractivity contribution is 5.92. The zero-order valence-electron chi connectivity index (χ0n) is 14.7. The van der Waals surface area contributed by atoms with E-state index in [0.717, 1.165) is 24.2 Å². The van der Waals surface area contributed by atoms with Gasteiger partial charge in [-0.25, -0.2) is 4.98 Å². The highest BCUT2D eigenvalue weighted by Gasteiger charge is 2.32. The Hall–Kier alpha value is -2.52. The maximum absolute atomic E-state index is 11.2. The van der Waals surface area contributed by atoms with Crippen molar-refractivity contribution in [3.63, 3.8) is 0 Å². The zero-order valence-corrected chi connectivity index (χ0v) is 14.7. The number of morpholine rings is 1. The van der Waals surface area contributed by atoms with E-state index < -0.39 is 4.92 Å². The summed E-state index contributed by atoms with van der Waals surface area (Å²) in [7, 11) is 0. The Balaban J connectivity index is 1.83. The fourth-order valence-electron chi connectivity index (χ4n) is 3.51. The van der Waals surface area contributed by atoms with Crippen LogP contribution in [0.3, 0.4) is 0 Å². The maximum Gasteiger partial charge on any atom is 0.271 e. The van der Waals surface area contributed by atoms with Crippen LogP contribution < -0.4 is 15.5 Å². The number of rotatable bonds is 3. The summed E-state index contributed by atoms with van der Waals surface area (Å²) in [5.41, 5.74) is 6.63. The minimum absolute atomic E-state index is 0.0279. The molecule has 9 heteroatoms. The van der Waals surface area contributed by atoms with E-state index in [-0.39, 0.29) is 11.2 Å². The van der Waals surface area contributed by atoms with Gasteiger partial charge in [0, 0.05) is 49.2 Å². The number of non-ortho nitro benzene ring substituents is 1. The van der Waals surface area contributed by atoms with Crippen LogP contribution in [-0.2, 0) is 4.74 Å². The van der Waals surface area contributed by atoms with Crippen LogP contribution in [-0.4, -0.2) is 59.8 Å². The third kappa shape index (κ3) is 3.15. The number of nitrogens with two attached hydrogens (primary N) is 1. The number of nitrogens with zero attached hydrogens (tertiary/aromatic N) is 5. The predicted molar refractivity (Wildman–Crippen MR) is 98.6 cm³/mol. The first kappa shape index (κ1) is 16.9. The third-order valence-corrected chi connectivity index (χ3v) is 4.96. The van der Waals surface area contributed by atoms with Gasteiger partial charge in [-0.3, -0.25) is 10.1 Å². The van der Waals surface area contributed by atoms with Crippen LogP contribution in [0.5, 0.6) is 0 Å². The second-order valence-electron chi connectivity index (χ2n) is 7.23. The van der Waals surface area contributed by atoms with Crippen molar-refractivity contribution in [3.05, 3.63) is 28.3 Å². The van der Waals surface area contributed by atoms with Gasteiger partial charge in [0.25, 0.3) is 5.69 Å². The molecule has 1 aromatic heterocycles. The average Bonchev–Trinajstić information content (AvgIpc) is 3.00. The molecule has 3 heterocycles. The van der Waals surface area contributed by atoms with Crippen LogP contribution in [0, 0.1) is 10.1 Å². The molecule has 2 aliphatic heterocycles. The first-order valence-corrected chi connectivity index (χ1v) is 8.76. The zero-order chi connectivity index (χ0) is 18.3. The summed E-state index contributed by atoms with van der Waals surface area (Å²) in [6.07, 6.45) is 0.873. The van der Waals surface area contributed by atoms with Crippen molar-refractivity contribution < 1.29 is 9.66 Å². The molecule has 138 valence electrons. The Morgan fingerprint density at radius 1 is 1.23 bits per heavy atom. The van der Waals surface area contributed by atoms with Crippen LogP contribution in [0.15, 0.2) is 18.2 Å². The maximum atomic E-state index is 11.2. The van der Waals surface area contributed by atoms with Gasteiger partial charge in [0.2, 0.25) is 5.95 Å². The number of fused-ring (bicyclic) bond motifs is 1. The van der Waals surface area contributed by atoms with Crippen molar-refractivity contribution in [3.8, 4) is 0 Å². The predicted octanol–water partition coefficient (Wildman–Crippen LogP) is 1.30. The minimum Gasteiger partial charge on any atom is -0.378 e. The monoisotopic (exact) mass is 358 g/mol. The lowest BCUT2D eigenvalue weighted by Crippen LogP contribution is -2.40. The van der Waals surface area contributed by atoms with E-state index in [4.69, 9.17) is 15.5 Å². The summed E-state index contributed by atoms with van der Waals surface area (Å²) in [5.74, 6) is 1.38. The number of nitro groups is 1. The van der Waals surface area contributed by atoms with Gasteiger partial charge in [0.15, 0.2) is 0 Å². The van der Waals surface area contributed by atoms with Crippen LogP contribution in [0.4, 0.5) is 17.5 Å². The second-order valence-corrected chi connectivity index (χ2v) is 7.23. The molecule has 0 radical (unpaired) electrons. The molecule has 0 saturated carbocycles. The number of hydrogen-bond donors (Lipinski definition) is 1. The molecule has 2 aliphatic rings. The van der Waals surface area contributed by atoms with Crippen molar-refractivity contribution in [2.45, 2.75) is 18.9 Å². The molecule has 2 aromatic rings. The van der Waals surface area contributed by atoms with Gasteiger partial charge in [-0.05, 0) is 19.4 Å². The Bertz CT molecular complexity index is 850. The molecule has 2 N–H and O–H groups in total. The summed E-state index contributed by atoms with van der Waals surface area (Å²) < 4.78 is 5.40. The largest absolute Gasteiger partial charge is 0.378 e. The number of anilines is 2. The van der Waals surface area contributed by atoms with Crippen molar-refractivity contribution in [1.29, 1.82) is 0 Å². The van der Waals surface area contributed by atoms with Gasteiger partial charge in [-0.1, -0.05) is 0 Å². The van der Waals surface area contributed by atoms with Gasteiger partial charge < -0.3 is 20.3 Å². The molecule has 0 amide bonds. The van der Waals surface area contributed by atoms with Crippen LogP contribution in [0.25, 0.3) is 10.9 Å². The van der Waals surface area contributed by atoms with Gasteiger partial charge >= 0.3 is 0 Å². The van der Waals surface area contributed by atoms with E-state index >= 15 is 0 Å². The summed E-state index contributed by atoms with van der Waals surface area (Å²) in [6, 6.07) is 4.75. The number of nitro benzene ring substituents is 1. The van der Waals surface area contributed by atoms with Crippen molar-refractivity contribution in [1.82, 2.24) is 9.97 Å². The lowest BCUT2D eigenvalue weighted by atomic mass is 10.0. The number of aromatic nitrogens is 2. The van der Waals surface area contributed by atoms with E-state index in [2.05, 4.69) is 14.8 Å². The summed E-state index contributed by atoms with van der Waals surface area (Å²) >= 11 is 0.